The lowest BCUT2D eigenvalue weighted by molar-refractivity contribution is -0.143. The number of carbonyl (C=O) groups is 3. The number of anilines is 1. The molecule has 1 aromatic carbocycles. The fourth-order valence-corrected chi connectivity index (χ4v) is 2.84. The van der Waals surface area contributed by atoms with Crippen LogP contribution in [0.25, 0.3) is 0 Å². The van der Waals surface area contributed by atoms with Gasteiger partial charge in [0.05, 0.1) is 19.4 Å². The molecule has 29 heavy (non-hydrogen) atoms. The number of methoxy groups -OCH3 is 1. The summed E-state index contributed by atoms with van der Waals surface area (Å²) in [6.45, 7) is 5.94. The molecule has 1 aliphatic rings. The highest BCUT2D eigenvalue weighted by atomic mass is 16.6. The number of amides is 2. The van der Waals surface area contributed by atoms with Gasteiger partial charge in [-0.1, -0.05) is 17.9 Å². The molecule has 1 atom stereocenters. The Morgan fingerprint density at radius 1 is 1.31 bits per heavy atom. The minimum atomic E-state index is -0.509. The summed E-state index contributed by atoms with van der Waals surface area (Å²) in [5, 5.41) is 5.54. The average molecular weight is 400 g/mol. The number of rotatable bonds is 5. The summed E-state index contributed by atoms with van der Waals surface area (Å²) >= 11 is 0. The third-order valence-electron chi connectivity index (χ3n) is 4.23. The van der Waals surface area contributed by atoms with Crippen LogP contribution in [0.4, 0.5) is 10.5 Å². The third kappa shape index (κ3) is 7.49. The van der Waals surface area contributed by atoms with Crippen molar-refractivity contribution in [1.82, 2.24) is 5.32 Å². The molecule has 0 bridgehead atoms. The second-order valence-electron chi connectivity index (χ2n) is 7.88. The fraction of sp³-hybridized carbons (Fsp3) is 0.500. The Kier molecular flexibility index (Phi) is 7.66. The molecule has 0 saturated heterocycles. The number of nitrogens with one attached hydrogen (secondary N) is 2. The molecule has 7 heteroatoms. The summed E-state index contributed by atoms with van der Waals surface area (Å²) in [7, 11) is 1.32. The predicted molar refractivity (Wildman–Crippen MR) is 109 cm³/mol. The van der Waals surface area contributed by atoms with Gasteiger partial charge in [0.25, 0.3) is 0 Å². The molecule has 0 spiro atoms. The van der Waals surface area contributed by atoms with E-state index in [4.69, 9.17) is 4.74 Å². The number of alkyl carbamates (subject to hydrolysis) is 1. The zero-order chi connectivity index (χ0) is 21.4. The first-order valence-electron chi connectivity index (χ1n) is 9.64. The van der Waals surface area contributed by atoms with Crippen LogP contribution in [-0.4, -0.2) is 37.2 Å². The number of benzene rings is 1. The summed E-state index contributed by atoms with van der Waals surface area (Å²) in [6.07, 6.45) is 1.48. The Bertz CT molecular complexity index is 830. The molecule has 1 aromatic rings. The van der Waals surface area contributed by atoms with Crippen LogP contribution in [0.15, 0.2) is 18.2 Å². The molecule has 0 saturated carbocycles. The van der Waals surface area contributed by atoms with Crippen LogP contribution in [0.1, 0.15) is 51.2 Å². The van der Waals surface area contributed by atoms with Crippen molar-refractivity contribution in [1.29, 1.82) is 0 Å². The van der Waals surface area contributed by atoms with E-state index in [1.807, 2.05) is 39.0 Å². The van der Waals surface area contributed by atoms with Gasteiger partial charge in [0.2, 0.25) is 5.91 Å². The standard InChI is InChI=1S/C22H28N2O5/c1-22(2,3)29-21(27)23-11-7-5-6-8-15-9-10-16-13-17(14-19(25)28-4)20(26)24-18(16)12-15/h9-10,12,17H,5,7,11,13-14H2,1-4H3,(H,23,27)(H,24,26). The Morgan fingerprint density at radius 3 is 2.76 bits per heavy atom. The maximum Gasteiger partial charge on any atom is 0.407 e. The van der Waals surface area contributed by atoms with E-state index in [1.54, 1.807) is 0 Å². The maximum absolute atomic E-state index is 12.2. The summed E-state index contributed by atoms with van der Waals surface area (Å²) in [5.74, 6) is 5.15. The third-order valence-corrected chi connectivity index (χ3v) is 4.23. The SMILES string of the molecule is COC(=O)CC1Cc2ccc(C#CCCCNC(=O)OC(C)(C)C)cc2NC1=O. The highest BCUT2D eigenvalue weighted by Gasteiger charge is 2.28. The summed E-state index contributed by atoms with van der Waals surface area (Å²) < 4.78 is 9.81. The van der Waals surface area contributed by atoms with E-state index in [2.05, 4.69) is 27.2 Å². The van der Waals surface area contributed by atoms with Gasteiger partial charge in [0.1, 0.15) is 5.60 Å². The van der Waals surface area contributed by atoms with Crippen LogP contribution in [-0.2, 0) is 25.5 Å². The van der Waals surface area contributed by atoms with Crippen LogP contribution in [0, 0.1) is 17.8 Å². The van der Waals surface area contributed by atoms with Gasteiger partial charge in [-0.05, 0) is 51.3 Å². The summed E-state index contributed by atoms with van der Waals surface area (Å²) in [4.78, 5) is 35.2. The van der Waals surface area contributed by atoms with Crippen molar-refractivity contribution >= 4 is 23.7 Å². The fourth-order valence-electron chi connectivity index (χ4n) is 2.84. The Balaban J connectivity index is 1.83. The number of esters is 1. The van der Waals surface area contributed by atoms with Crippen molar-refractivity contribution in [3.05, 3.63) is 29.3 Å². The van der Waals surface area contributed by atoms with Gasteiger partial charge in [-0.3, -0.25) is 9.59 Å². The van der Waals surface area contributed by atoms with E-state index in [9.17, 15) is 14.4 Å². The van der Waals surface area contributed by atoms with E-state index < -0.39 is 23.6 Å². The molecule has 7 nitrogen and oxygen atoms in total. The van der Waals surface area contributed by atoms with Crippen molar-refractivity contribution < 1.29 is 23.9 Å². The quantitative estimate of drug-likeness (QED) is 0.450. The normalized spacial score (nSPS) is 15.3. The Morgan fingerprint density at radius 2 is 2.07 bits per heavy atom. The van der Waals surface area contributed by atoms with Crippen molar-refractivity contribution in [2.45, 2.75) is 52.1 Å². The van der Waals surface area contributed by atoms with Crippen LogP contribution >= 0.6 is 0 Å². The topological polar surface area (TPSA) is 93.7 Å². The maximum atomic E-state index is 12.2. The second kappa shape index (κ2) is 9.97. The lowest BCUT2D eigenvalue weighted by Crippen LogP contribution is -2.32. The van der Waals surface area contributed by atoms with Gasteiger partial charge in [-0.25, -0.2) is 4.79 Å². The Hall–Kier alpha value is -3.01. The Labute approximate surface area is 171 Å². The predicted octanol–water partition coefficient (Wildman–Crippen LogP) is 3.02. The molecular weight excluding hydrogens is 372 g/mol. The molecule has 0 aromatic heterocycles. The number of carbonyl (C=O) groups excluding carboxylic acids is 3. The van der Waals surface area contributed by atoms with Crippen LogP contribution in [0.5, 0.6) is 0 Å². The first kappa shape index (κ1) is 22.3. The monoisotopic (exact) mass is 400 g/mol. The largest absolute Gasteiger partial charge is 0.469 e. The van der Waals surface area contributed by atoms with Crippen molar-refractivity contribution in [2.24, 2.45) is 5.92 Å². The van der Waals surface area contributed by atoms with Crippen LogP contribution < -0.4 is 10.6 Å². The molecule has 2 amide bonds. The molecule has 0 radical (unpaired) electrons. The van der Waals surface area contributed by atoms with E-state index >= 15 is 0 Å². The number of hydrogen-bond donors (Lipinski definition) is 2. The molecule has 1 heterocycles. The summed E-state index contributed by atoms with van der Waals surface area (Å²) in [5.41, 5.74) is 2.00. The van der Waals surface area contributed by atoms with Gasteiger partial charge in [-0.2, -0.15) is 0 Å². The second-order valence-corrected chi connectivity index (χ2v) is 7.88. The zero-order valence-electron chi connectivity index (χ0n) is 17.4. The molecule has 156 valence electrons. The number of fused-ring (bicyclic) bond motifs is 1. The highest BCUT2D eigenvalue weighted by molar-refractivity contribution is 5.97. The molecule has 1 unspecified atom stereocenters. The minimum absolute atomic E-state index is 0.0701. The van der Waals surface area contributed by atoms with Crippen molar-refractivity contribution in [2.75, 3.05) is 19.0 Å². The van der Waals surface area contributed by atoms with Crippen LogP contribution in [0.2, 0.25) is 0 Å². The highest BCUT2D eigenvalue weighted by Crippen LogP contribution is 2.28. The van der Waals surface area contributed by atoms with E-state index in [-0.39, 0.29) is 12.3 Å². The first-order valence-corrected chi connectivity index (χ1v) is 9.64. The molecule has 1 aliphatic heterocycles. The van der Waals surface area contributed by atoms with E-state index in [0.29, 0.717) is 25.8 Å². The summed E-state index contributed by atoms with van der Waals surface area (Å²) in [6, 6.07) is 5.66. The smallest absolute Gasteiger partial charge is 0.407 e. The van der Waals surface area contributed by atoms with E-state index in [0.717, 1.165) is 16.8 Å². The number of ether oxygens (including phenoxy) is 2. The molecule has 2 N–H and O–H groups in total. The van der Waals surface area contributed by atoms with Crippen LogP contribution in [0.3, 0.4) is 0 Å². The zero-order valence-corrected chi connectivity index (χ0v) is 17.4. The van der Waals surface area contributed by atoms with Gasteiger partial charge in [0, 0.05) is 24.2 Å². The van der Waals surface area contributed by atoms with Gasteiger partial charge in [-0.15, -0.1) is 0 Å². The molecule has 2 rings (SSSR count). The average Bonchev–Trinajstić information content (AvgIpc) is 2.63. The van der Waals surface area contributed by atoms with Gasteiger partial charge >= 0.3 is 12.1 Å². The van der Waals surface area contributed by atoms with Crippen molar-refractivity contribution in [3.63, 3.8) is 0 Å². The lowest BCUT2D eigenvalue weighted by Gasteiger charge is -2.24. The van der Waals surface area contributed by atoms with Gasteiger partial charge < -0.3 is 20.1 Å². The van der Waals surface area contributed by atoms with Crippen molar-refractivity contribution in [3.8, 4) is 11.8 Å². The molecular formula is C22H28N2O5. The lowest BCUT2D eigenvalue weighted by atomic mass is 9.90. The van der Waals surface area contributed by atoms with Gasteiger partial charge in [0.15, 0.2) is 0 Å². The first-order chi connectivity index (χ1) is 13.7. The number of unbranched alkanes of at least 4 members (excludes halogenated alkanes) is 1. The van der Waals surface area contributed by atoms with E-state index in [1.165, 1.54) is 7.11 Å². The molecule has 0 fully saturated rings. The molecule has 0 aliphatic carbocycles. The number of hydrogen-bond acceptors (Lipinski definition) is 5. The minimum Gasteiger partial charge on any atom is -0.469 e.